The van der Waals surface area contributed by atoms with Crippen LogP contribution in [-0.4, -0.2) is 11.5 Å². The lowest BCUT2D eigenvalue weighted by atomic mass is 10.2. The fraction of sp³-hybridized carbons (Fsp3) is 0.667. The summed E-state index contributed by atoms with van der Waals surface area (Å²) in [7, 11) is 0. The smallest absolute Gasteiger partial charge is 0.0953 e. The maximum atomic E-state index is 4.35. The van der Waals surface area contributed by atoms with Gasteiger partial charge < -0.3 is 5.32 Å². The SMILES string of the molecule is CCNCc1cnc(C(C)C)s1. The molecule has 68 valence electrons. The van der Waals surface area contributed by atoms with Crippen LogP contribution in [0.4, 0.5) is 0 Å². The van der Waals surface area contributed by atoms with Gasteiger partial charge in [0.2, 0.25) is 0 Å². The summed E-state index contributed by atoms with van der Waals surface area (Å²) >= 11 is 1.81. The van der Waals surface area contributed by atoms with E-state index >= 15 is 0 Å². The maximum Gasteiger partial charge on any atom is 0.0953 e. The van der Waals surface area contributed by atoms with Gasteiger partial charge >= 0.3 is 0 Å². The normalized spacial score (nSPS) is 11.0. The third kappa shape index (κ3) is 2.57. The number of nitrogens with zero attached hydrogens (tertiary/aromatic N) is 1. The van der Waals surface area contributed by atoms with Crippen molar-refractivity contribution in [1.82, 2.24) is 10.3 Å². The quantitative estimate of drug-likeness (QED) is 0.777. The van der Waals surface area contributed by atoms with Crippen LogP contribution < -0.4 is 5.32 Å². The summed E-state index contributed by atoms with van der Waals surface area (Å²) < 4.78 is 0. The minimum atomic E-state index is 0.561. The van der Waals surface area contributed by atoms with Gasteiger partial charge in [-0.25, -0.2) is 4.98 Å². The topological polar surface area (TPSA) is 24.9 Å². The molecule has 1 N–H and O–H groups in total. The third-order valence-electron chi connectivity index (χ3n) is 1.61. The number of nitrogens with one attached hydrogen (secondary N) is 1. The molecule has 0 spiro atoms. The van der Waals surface area contributed by atoms with Gasteiger partial charge in [-0.15, -0.1) is 11.3 Å². The number of hydrogen-bond donors (Lipinski definition) is 1. The summed E-state index contributed by atoms with van der Waals surface area (Å²) in [6, 6.07) is 0. The second kappa shape index (κ2) is 4.58. The largest absolute Gasteiger partial charge is 0.312 e. The highest BCUT2D eigenvalue weighted by Gasteiger charge is 2.04. The molecule has 1 rings (SSSR count). The molecule has 2 nitrogen and oxygen atoms in total. The van der Waals surface area contributed by atoms with Gasteiger partial charge in [-0.1, -0.05) is 20.8 Å². The molecule has 0 saturated heterocycles. The second-order valence-corrected chi connectivity index (χ2v) is 4.25. The fourth-order valence-electron chi connectivity index (χ4n) is 0.919. The molecule has 12 heavy (non-hydrogen) atoms. The van der Waals surface area contributed by atoms with Crippen LogP contribution in [0.15, 0.2) is 6.20 Å². The molecule has 0 aliphatic carbocycles. The van der Waals surface area contributed by atoms with Crippen LogP contribution in [-0.2, 0) is 6.54 Å². The summed E-state index contributed by atoms with van der Waals surface area (Å²) in [6.07, 6.45) is 1.97. The minimum Gasteiger partial charge on any atom is -0.312 e. The number of hydrogen-bond acceptors (Lipinski definition) is 3. The molecular weight excluding hydrogens is 168 g/mol. The van der Waals surface area contributed by atoms with Gasteiger partial charge in [0, 0.05) is 23.5 Å². The molecule has 0 fully saturated rings. The van der Waals surface area contributed by atoms with Crippen molar-refractivity contribution in [2.24, 2.45) is 0 Å². The Morgan fingerprint density at radius 2 is 2.33 bits per heavy atom. The lowest BCUT2D eigenvalue weighted by molar-refractivity contribution is 0.734. The van der Waals surface area contributed by atoms with Crippen LogP contribution in [0.3, 0.4) is 0 Å². The summed E-state index contributed by atoms with van der Waals surface area (Å²) in [6.45, 7) is 8.45. The van der Waals surface area contributed by atoms with Gasteiger partial charge in [0.1, 0.15) is 0 Å². The van der Waals surface area contributed by atoms with Gasteiger partial charge in [-0.3, -0.25) is 0 Å². The van der Waals surface area contributed by atoms with Crippen molar-refractivity contribution in [2.75, 3.05) is 6.54 Å². The summed E-state index contributed by atoms with van der Waals surface area (Å²) in [5, 5.41) is 4.53. The van der Waals surface area contributed by atoms with Crippen LogP contribution in [0.25, 0.3) is 0 Å². The average Bonchev–Trinajstić information content (AvgIpc) is 2.48. The zero-order valence-corrected chi connectivity index (χ0v) is 8.74. The van der Waals surface area contributed by atoms with Crippen molar-refractivity contribution in [1.29, 1.82) is 0 Å². The molecule has 0 aliphatic rings. The summed E-state index contributed by atoms with van der Waals surface area (Å²) in [5.41, 5.74) is 0. The van der Waals surface area contributed by atoms with E-state index in [0.717, 1.165) is 13.1 Å². The van der Waals surface area contributed by atoms with Gasteiger partial charge in [0.25, 0.3) is 0 Å². The van der Waals surface area contributed by atoms with E-state index in [0.29, 0.717) is 5.92 Å². The van der Waals surface area contributed by atoms with Crippen LogP contribution in [0.2, 0.25) is 0 Å². The van der Waals surface area contributed by atoms with E-state index in [1.807, 2.05) is 17.5 Å². The van der Waals surface area contributed by atoms with Crippen molar-refractivity contribution in [3.05, 3.63) is 16.1 Å². The molecule has 0 aromatic carbocycles. The van der Waals surface area contributed by atoms with E-state index in [1.54, 1.807) is 0 Å². The van der Waals surface area contributed by atoms with E-state index in [-0.39, 0.29) is 0 Å². The molecule has 1 heterocycles. The van der Waals surface area contributed by atoms with Crippen LogP contribution in [0.5, 0.6) is 0 Å². The van der Waals surface area contributed by atoms with Crippen molar-refractivity contribution in [2.45, 2.75) is 33.2 Å². The van der Waals surface area contributed by atoms with Crippen molar-refractivity contribution < 1.29 is 0 Å². The van der Waals surface area contributed by atoms with Gasteiger partial charge in [-0.05, 0) is 6.54 Å². The van der Waals surface area contributed by atoms with Crippen molar-refractivity contribution in [3.8, 4) is 0 Å². The first-order valence-corrected chi connectivity index (χ1v) is 5.21. The van der Waals surface area contributed by atoms with E-state index in [1.165, 1.54) is 9.88 Å². The molecule has 0 bridgehead atoms. The lowest BCUT2D eigenvalue weighted by Gasteiger charge is -1.97. The van der Waals surface area contributed by atoms with Gasteiger partial charge in [-0.2, -0.15) is 0 Å². The highest BCUT2D eigenvalue weighted by atomic mass is 32.1. The minimum absolute atomic E-state index is 0.561. The molecule has 0 unspecified atom stereocenters. The highest BCUT2D eigenvalue weighted by Crippen LogP contribution is 2.20. The van der Waals surface area contributed by atoms with E-state index in [4.69, 9.17) is 0 Å². The highest BCUT2D eigenvalue weighted by molar-refractivity contribution is 7.11. The van der Waals surface area contributed by atoms with Crippen molar-refractivity contribution in [3.63, 3.8) is 0 Å². The first kappa shape index (κ1) is 9.68. The van der Waals surface area contributed by atoms with Gasteiger partial charge in [0.15, 0.2) is 0 Å². The Morgan fingerprint density at radius 1 is 1.58 bits per heavy atom. The molecular formula is C9H16N2S. The monoisotopic (exact) mass is 184 g/mol. The van der Waals surface area contributed by atoms with Crippen LogP contribution >= 0.6 is 11.3 Å². The Hall–Kier alpha value is -0.410. The van der Waals surface area contributed by atoms with Gasteiger partial charge in [0.05, 0.1) is 5.01 Å². The van der Waals surface area contributed by atoms with E-state index in [2.05, 4.69) is 31.1 Å². The predicted molar refractivity (Wildman–Crippen MR) is 53.6 cm³/mol. The Labute approximate surface area is 78.0 Å². The van der Waals surface area contributed by atoms with E-state index < -0.39 is 0 Å². The molecule has 1 aromatic heterocycles. The zero-order chi connectivity index (χ0) is 8.97. The molecule has 3 heteroatoms. The summed E-state index contributed by atoms with van der Waals surface area (Å²) in [5.74, 6) is 0.561. The Balaban J connectivity index is 2.52. The summed E-state index contributed by atoms with van der Waals surface area (Å²) in [4.78, 5) is 5.68. The molecule has 0 saturated carbocycles. The molecule has 0 atom stereocenters. The first-order chi connectivity index (χ1) is 5.74. The molecule has 0 aliphatic heterocycles. The zero-order valence-electron chi connectivity index (χ0n) is 7.92. The molecule has 0 radical (unpaired) electrons. The maximum absolute atomic E-state index is 4.35. The van der Waals surface area contributed by atoms with Crippen molar-refractivity contribution >= 4 is 11.3 Å². The number of aromatic nitrogens is 1. The standard InChI is InChI=1S/C9H16N2S/c1-4-10-5-8-6-11-9(12-8)7(2)3/h6-7,10H,4-5H2,1-3H3. The first-order valence-electron chi connectivity index (χ1n) is 4.39. The average molecular weight is 184 g/mol. The molecule has 0 amide bonds. The Morgan fingerprint density at radius 3 is 2.83 bits per heavy atom. The van der Waals surface area contributed by atoms with E-state index in [9.17, 15) is 0 Å². The Bertz CT molecular complexity index is 230. The predicted octanol–water partition coefficient (Wildman–Crippen LogP) is 2.38. The number of rotatable bonds is 4. The molecule has 1 aromatic rings. The third-order valence-corrected chi connectivity index (χ3v) is 2.91. The van der Waals surface area contributed by atoms with Crippen LogP contribution in [0, 0.1) is 0 Å². The number of thiazole rings is 1. The fourth-order valence-corrected chi connectivity index (χ4v) is 1.81. The lowest BCUT2D eigenvalue weighted by Crippen LogP contribution is -2.10. The Kier molecular flexibility index (Phi) is 3.69. The second-order valence-electron chi connectivity index (χ2n) is 3.10. The van der Waals surface area contributed by atoms with Crippen LogP contribution in [0.1, 0.15) is 36.6 Å².